The van der Waals surface area contributed by atoms with Gasteiger partial charge in [-0.1, -0.05) is 52.4 Å². The van der Waals surface area contributed by atoms with Crippen molar-refractivity contribution in [2.45, 2.75) is 53.5 Å². The Kier molecular flexibility index (Phi) is 6.60. The number of carbonyl (C=O) groups is 2. The average Bonchev–Trinajstić information content (AvgIpc) is 3.32. The van der Waals surface area contributed by atoms with E-state index in [2.05, 4.69) is 20.8 Å². The van der Waals surface area contributed by atoms with Crippen molar-refractivity contribution in [3.8, 4) is 22.1 Å². The Labute approximate surface area is 180 Å². The first-order valence-electron chi connectivity index (χ1n) is 10.00. The Hall–Kier alpha value is -2.68. The molecule has 1 aliphatic rings. The fourth-order valence-electron chi connectivity index (χ4n) is 3.01. The first-order valence-corrected chi connectivity index (χ1v) is 10.8. The van der Waals surface area contributed by atoms with Gasteiger partial charge in [0.15, 0.2) is 11.5 Å². The monoisotopic (exact) mass is 432 g/mol. The number of rotatable bonds is 7. The zero-order valence-electron chi connectivity index (χ0n) is 17.9. The highest BCUT2D eigenvalue weighted by Crippen LogP contribution is 2.37. The van der Waals surface area contributed by atoms with Crippen LogP contribution >= 0.6 is 11.3 Å². The van der Waals surface area contributed by atoms with Gasteiger partial charge in [0.05, 0.1) is 0 Å². The first kappa shape index (κ1) is 22.0. The Morgan fingerprint density at radius 3 is 2.63 bits per heavy atom. The third-order valence-corrected chi connectivity index (χ3v) is 5.67. The van der Waals surface area contributed by atoms with E-state index >= 15 is 0 Å². The number of anilines is 1. The molecule has 1 aliphatic heterocycles. The molecule has 162 valence electrons. The van der Waals surface area contributed by atoms with Crippen molar-refractivity contribution in [1.82, 2.24) is 15.5 Å². The highest BCUT2D eigenvalue weighted by Gasteiger charge is 2.28. The summed E-state index contributed by atoms with van der Waals surface area (Å²) in [4.78, 5) is 25.3. The molecule has 2 unspecified atom stereocenters. The van der Waals surface area contributed by atoms with E-state index in [0.717, 1.165) is 12.0 Å². The number of hydrogen-bond acceptors (Lipinski definition) is 7. The summed E-state index contributed by atoms with van der Waals surface area (Å²) >= 11 is 1.26. The summed E-state index contributed by atoms with van der Waals surface area (Å²) in [5.74, 6) is 0.905. The summed E-state index contributed by atoms with van der Waals surface area (Å²) in [7, 11) is 0. The number of hydrogen-bond donors (Lipinski definition) is 2. The number of nitrogens with zero attached hydrogens (tertiary/aromatic N) is 2. The molecule has 0 saturated heterocycles. The van der Waals surface area contributed by atoms with Gasteiger partial charge in [-0.15, -0.1) is 10.2 Å². The number of fused-ring (bicyclic) bond motifs is 1. The Bertz CT molecular complexity index is 922. The molecule has 2 aromatic rings. The third-order valence-electron chi connectivity index (χ3n) is 4.78. The normalized spacial score (nSPS) is 14.8. The highest BCUT2D eigenvalue weighted by molar-refractivity contribution is 7.18. The number of benzene rings is 1. The van der Waals surface area contributed by atoms with E-state index in [4.69, 9.17) is 9.47 Å². The Morgan fingerprint density at radius 2 is 1.93 bits per heavy atom. The highest BCUT2D eigenvalue weighted by atomic mass is 32.1. The van der Waals surface area contributed by atoms with Crippen LogP contribution in [0, 0.1) is 11.3 Å². The molecule has 0 saturated carbocycles. The maximum atomic E-state index is 12.9. The van der Waals surface area contributed by atoms with E-state index in [9.17, 15) is 9.59 Å². The van der Waals surface area contributed by atoms with Crippen LogP contribution in [-0.4, -0.2) is 34.8 Å². The lowest BCUT2D eigenvalue weighted by Gasteiger charge is -2.25. The molecule has 2 atom stereocenters. The molecule has 2 N–H and O–H groups in total. The van der Waals surface area contributed by atoms with Gasteiger partial charge >= 0.3 is 0 Å². The van der Waals surface area contributed by atoms with Gasteiger partial charge in [-0.05, 0) is 29.5 Å². The van der Waals surface area contributed by atoms with Crippen molar-refractivity contribution in [3.05, 3.63) is 18.2 Å². The number of amides is 2. The minimum atomic E-state index is -0.636. The molecule has 8 nitrogen and oxygen atoms in total. The van der Waals surface area contributed by atoms with Gasteiger partial charge in [-0.3, -0.25) is 14.9 Å². The van der Waals surface area contributed by atoms with Gasteiger partial charge in [-0.2, -0.15) is 0 Å². The van der Waals surface area contributed by atoms with E-state index < -0.39 is 6.04 Å². The van der Waals surface area contributed by atoms with Gasteiger partial charge < -0.3 is 14.8 Å². The fraction of sp³-hybridized carbons (Fsp3) is 0.524. The second kappa shape index (κ2) is 8.99. The Morgan fingerprint density at radius 1 is 1.20 bits per heavy atom. The van der Waals surface area contributed by atoms with Crippen LogP contribution in [-0.2, 0) is 9.59 Å². The van der Waals surface area contributed by atoms with Gasteiger partial charge in [0.2, 0.25) is 23.7 Å². The van der Waals surface area contributed by atoms with Crippen LogP contribution < -0.4 is 20.1 Å². The summed E-state index contributed by atoms with van der Waals surface area (Å²) in [5.41, 5.74) is 0.675. The van der Waals surface area contributed by atoms with Gasteiger partial charge in [-0.25, -0.2) is 0 Å². The quantitative estimate of drug-likeness (QED) is 0.689. The van der Waals surface area contributed by atoms with Crippen molar-refractivity contribution in [3.63, 3.8) is 0 Å². The summed E-state index contributed by atoms with van der Waals surface area (Å²) < 4.78 is 10.7. The van der Waals surface area contributed by atoms with Crippen LogP contribution in [0.2, 0.25) is 0 Å². The molecular formula is C21H28N4O4S. The van der Waals surface area contributed by atoms with Crippen LogP contribution in [0.1, 0.15) is 47.5 Å². The number of ether oxygens (including phenoxy) is 2. The zero-order chi connectivity index (χ0) is 21.9. The summed E-state index contributed by atoms with van der Waals surface area (Å²) in [6.07, 6.45) is 1.10. The maximum Gasteiger partial charge on any atom is 0.249 e. The summed E-state index contributed by atoms with van der Waals surface area (Å²) in [5, 5.41) is 15.0. The molecule has 2 amide bonds. The van der Waals surface area contributed by atoms with E-state index in [0.29, 0.717) is 28.1 Å². The van der Waals surface area contributed by atoms with Crippen LogP contribution in [0.3, 0.4) is 0 Å². The molecule has 0 fully saturated rings. The summed E-state index contributed by atoms with van der Waals surface area (Å²) in [6, 6.07) is 4.89. The van der Waals surface area contributed by atoms with Crippen molar-refractivity contribution < 1.29 is 19.1 Å². The van der Waals surface area contributed by atoms with Crippen LogP contribution in [0.15, 0.2) is 18.2 Å². The van der Waals surface area contributed by atoms with Crippen molar-refractivity contribution in [2.24, 2.45) is 11.3 Å². The molecule has 1 aromatic heterocycles. The topological polar surface area (TPSA) is 102 Å². The van der Waals surface area contributed by atoms with E-state index in [1.54, 1.807) is 0 Å². The zero-order valence-corrected chi connectivity index (χ0v) is 18.8. The molecule has 30 heavy (non-hydrogen) atoms. The second-order valence-corrected chi connectivity index (χ2v) is 9.62. The minimum absolute atomic E-state index is 0.0184. The van der Waals surface area contributed by atoms with Gasteiger partial charge in [0.25, 0.3) is 0 Å². The smallest absolute Gasteiger partial charge is 0.249 e. The van der Waals surface area contributed by atoms with E-state index in [-0.39, 0.29) is 29.9 Å². The summed E-state index contributed by atoms with van der Waals surface area (Å²) in [6.45, 7) is 10.1. The lowest BCUT2D eigenvalue weighted by atomic mass is 9.91. The molecule has 9 heteroatoms. The van der Waals surface area contributed by atoms with E-state index in [1.807, 2.05) is 52.8 Å². The van der Waals surface area contributed by atoms with E-state index in [1.165, 1.54) is 11.3 Å². The first-order chi connectivity index (χ1) is 14.2. The average molecular weight is 433 g/mol. The van der Waals surface area contributed by atoms with Crippen molar-refractivity contribution in [2.75, 3.05) is 12.1 Å². The molecule has 2 heterocycles. The SMILES string of the molecule is CCC(C)C(NC(=O)CC(C)(C)C)C(=O)Nc1nnc(-c2ccc3c(c2)OCO3)s1. The molecule has 0 bridgehead atoms. The predicted molar refractivity (Wildman–Crippen MR) is 116 cm³/mol. The number of aromatic nitrogens is 2. The molecule has 0 radical (unpaired) electrons. The van der Waals surface area contributed by atoms with Crippen LogP contribution in [0.5, 0.6) is 11.5 Å². The molecule has 1 aromatic carbocycles. The van der Waals surface area contributed by atoms with Crippen LogP contribution in [0.4, 0.5) is 5.13 Å². The predicted octanol–water partition coefficient (Wildman–Crippen LogP) is 3.84. The van der Waals surface area contributed by atoms with Crippen LogP contribution in [0.25, 0.3) is 10.6 Å². The van der Waals surface area contributed by atoms with Crippen molar-refractivity contribution in [1.29, 1.82) is 0 Å². The van der Waals surface area contributed by atoms with Gasteiger partial charge in [0, 0.05) is 12.0 Å². The minimum Gasteiger partial charge on any atom is -0.454 e. The largest absolute Gasteiger partial charge is 0.454 e. The molecule has 3 rings (SSSR count). The third kappa shape index (κ3) is 5.47. The fourth-order valence-corrected chi connectivity index (χ4v) is 3.75. The molecule has 0 aliphatic carbocycles. The second-order valence-electron chi connectivity index (χ2n) is 8.64. The molecule has 0 spiro atoms. The Balaban J connectivity index is 1.69. The maximum absolute atomic E-state index is 12.9. The lowest BCUT2D eigenvalue weighted by molar-refractivity contribution is -0.128. The molecular weight excluding hydrogens is 404 g/mol. The van der Waals surface area contributed by atoms with Crippen molar-refractivity contribution >= 4 is 28.3 Å². The number of carbonyl (C=O) groups excluding carboxylic acids is 2. The lowest BCUT2D eigenvalue weighted by Crippen LogP contribution is -2.48. The standard InChI is InChI=1S/C21H28N4O4S/c1-6-12(2)17(22-16(26)10-21(3,4)5)18(27)23-20-25-24-19(30-20)13-7-8-14-15(9-13)29-11-28-14/h7-9,12,17H,6,10-11H2,1-5H3,(H,22,26)(H,23,25,27). The number of nitrogens with one attached hydrogen (secondary N) is 2. The van der Waals surface area contributed by atoms with Gasteiger partial charge in [0.1, 0.15) is 11.0 Å².